The van der Waals surface area contributed by atoms with E-state index in [1.54, 1.807) is 7.11 Å². The molecule has 2 heterocycles. The van der Waals surface area contributed by atoms with Gasteiger partial charge in [0.25, 0.3) is 10.2 Å². The second-order valence-corrected chi connectivity index (χ2v) is 6.40. The summed E-state index contributed by atoms with van der Waals surface area (Å²) in [5.41, 5.74) is 0. The highest BCUT2D eigenvalue weighted by Gasteiger charge is 2.38. The smallest absolute Gasteiger partial charge is 0.279 e. The molecule has 0 spiro atoms. The summed E-state index contributed by atoms with van der Waals surface area (Å²) in [5, 5.41) is 3.29. The number of methoxy groups -OCH3 is 1. The maximum Gasteiger partial charge on any atom is 0.279 e. The average Bonchev–Trinajstić information content (AvgIpc) is 2.28. The third-order valence-corrected chi connectivity index (χ3v) is 4.97. The van der Waals surface area contributed by atoms with Crippen LogP contribution in [-0.2, 0) is 14.9 Å². The molecular weight excluding hydrogens is 256 g/mol. The standard InChI is InChI=1S/C10H22N4O3S/c1-17-7-4-12-18(15,16)14-8-10(9-14)13-5-2-11-3-6-13/h10-12H,2-9H2,1H3. The van der Waals surface area contributed by atoms with Gasteiger partial charge in [-0.1, -0.05) is 0 Å². The van der Waals surface area contributed by atoms with Crippen LogP contribution in [0.3, 0.4) is 0 Å². The Labute approximate surface area is 109 Å². The third kappa shape index (κ3) is 3.40. The lowest BCUT2D eigenvalue weighted by Crippen LogP contribution is -2.65. The highest BCUT2D eigenvalue weighted by atomic mass is 32.2. The van der Waals surface area contributed by atoms with Crippen molar-refractivity contribution in [3.8, 4) is 0 Å². The monoisotopic (exact) mass is 278 g/mol. The van der Waals surface area contributed by atoms with E-state index in [9.17, 15) is 8.42 Å². The summed E-state index contributed by atoms with van der Waals surface area (Å²) < 4.78 is 32.5. The molecule has 2 aliphatic heterocycles. The molecule has 0 aromatic carbocycles. The average molecular weight is 278 g/mol. The molecule has 0 unspecified atom stereocenters. The fourth-order valence-electron chi connectivity index (χ4n) is 2.26. The molecule has 2 rings (SSSR count). The van der Waals surface area contributed by atoms with E-state index < -0.39 is 10.2 Å². The number of ether oxygens (including phenoxy) is 1. The topological polar surface area (TPSA) is 73.9 Å². The first-order chi connectivity index (χ1) is 8.63. The molecule has 0 atom stereocenters. The quantitative estimate of drug-likeness (QED) is 0.553. The molecular formula is C10H22N4O3S. The minimum absolute atomic E-state index is 0.327. The first kappa shape index (κ1) is 14.2. The predicted octanol–water partition coefficient (Wildman–Crippen LogP) is -1.94. The summed E-state index contributed by atoms with van der Waals surface area (Å²) in [6, 6.07) is 0.381. The van der Waals surface area contributed by atoms with Crippen molar-refractivity contribution in [1.29, 1.82) is 0 Å². The van der Waals surface area contributed by atoms with Crippen LogP contribution < -0.4 is 10.0 Å². The largest absolute Gasteiger partial charge is 0.383 e. The first-order valence-electron chi connectivity index (χ1n) is 6.32. The summed E-state index contributed by atoms with van der Waals surface area (Å²) in [6.07, 6.45) is 0. The Bertz CT molecular complexity index is 350. The van der Waals surface area contributed by atoms with Crippen molar-refractivity contribution in [2.75, 3.05) is 59.5 Å². The molecule has 2 N–H and O–H groups in total. The maximum atomic E-state index is 11.8. The highest BCUT2D eigenvalue weighted by molar-refractivity contribution is 7.87. The Kier molecular flexibility index (Phi) is 4.93. The zero-order valence-electron chi connectivity index (χ0n) is 10.8. The number of hydrogen-bond donors (Lipinski definition) is 2. The Balaban J connectivity index is 1.73. The van der Waals surface area contributed by atoms with E-state index in [1.165, 1.54) is 4.31 Å². The van der Waals surface area contributed by atoms with Gasteiger partial charge in [0.05, 0.1) is 6.61 Å². The summed E-state index contributed by atoms with van der Waals surface area (Å²) >= 11 is 0. The zero-order chi connectivity index (χ0) is 13.0. The summed E-state index contributed by atoms with van der Waals surface area (Å²) in [6.45, 7) is 5.93. The highest BCUT2D eigenvalue weighted by Crippen LogP contribution is 2.18. The second kappa shape index (κ2) is 6.27. The van der Waals surface area contributed by atoms with Crippen molar-refractivity contribution in [2.24, 2.45) is 0 Å². The van der Waals surface area contributed by atoms with Crippen LogP contribution in [0, 0.1) is 0 Å². The van der Waals surface area contributed by atoms with Crippen molar-refractivity contribution in [1.82, 2.24) is 19.2 Å². The van der Waals surface area contributed by atoms with Gasteiger partial charge >= 0.3 is 0 Å². The van der Waals surface area contributed by atoms with Gasteiger partial charge in [0.1, 0.15) is 0 Å². The molecule has 2 fully saturated rings. The molecule has 0 aliphatic carbocycles. The van der Waals surface area contributed by atoms with Crippen LogP contribution in [-0.4, -0.2) is 83.2 Å². The van der Waals surface area contributed by atoms with E-state index in [1.807, 2.05) is 0 Å². The van der Waals surface area contributed by atoms with Gasteiger partial charge in [-0.2, -0.15) is 17.4 Å². The maximum absolute atomic E-state index is 11.8. The van der Waals surface area contributed by atoms with Crippen LogP contribution in [0.1, 0.15) is 0 Å². The van der Waals surface area contributed by atoms with Crippen molar-refractivity contribution in [2.45, 2.75) is 6.04 Å². The lowest BCUT2D eigenvalue weighted by Gasteiger charge is -2.45. The van der Waals surface area contributed by atoms with E-state index in [0.29, 0.717) is 32.3 Å². The van der Waals surface area contributed by atoms with E-state index in [0.717, 1.165) is 26.2 Å². The van der Waals surface area contributed by atoms with Crippen LogP contribution in [0.2, 0.25) is 0 Å². The van der Waals surface area contributed by atoms with Gasteiger partial charge in [0.2, 0.25) is 0 Å². The summed E-state index contributed by atoms with van der Waals surface area (Å²) in [4.78, 5) is 2.36. The van der Waals surface area contributed by atoms with Crippen LogP contribution in [0.5, 0.6) is 0 Å². The van der Waals surface area contributed by atoms with Gasteiger partial charge in [0, 0.05) is 59.0 Å². The van der Waals surface area contributed by atoms with Gasteiger partial charge in [-0.05, 0) is 0 Å². The predicted molar refractivity (Wildman–Crippen MR) is 68.6 cm³/mol. The van der Waals surface area contributed by atoms with Gasteiger partial charge in [0.15, 0.2) is 0 Å². The van der Waals surface area contributed by atoms with Crippen molar-refractivity contribution in [3.05, 3.63) is 0 Å². The molecule has 7 nitrogen and oxygen atoms in total. The van der Waals surface area contributed by atoms with Gasteiger partial charge in [-0.25, -0.2) is 0 Å². The molecule has 0 bridgehead atoms. The molecule has 0 amide bonds. The van der Waals surface area contributed by atoms with Crippen molar-refractivity contribution < 1.29 is 13.2 Å². The Morgan fingerprint density at radius 3 is 2.61 bits per heavy atom. The molecule has 106 valence electrons. The lowest BCUT2D eigenvalue weighted by molar-refractivity contribution is 0.0763. The van der Waals surface area contributed by atoms with Crippen LogP contribution in [0.15, 0.2) is 0 Å². The molecule has 2 aliphatic rings. The fourth-order valence-corrected chi connectivity index (χ4v) is 3.52. The number of nitrogens with zero attached hydrogens (tertiary/aromatic N) is 2. The first-order valence-corrected chi connectivity index (χ1v) is 7.76. The molecule has 0 aromatic rings. The van der Waals surface area contributed by atoms with Crippen molar-refractivity contribution in [3.63, 3.8) is 0 Å². The van der Waals surface area contributed by atoms with E-state index in [2.05, 4.69) is 14.9 Å². The van der Waals surface area contributed by atoms with Gasteiger partial charge in [-0.3, -0.25) is 4.90 Å². The van der Waals surface area contributed by atoms with Crippen LogP contribution >= 0.6 is 0 Å². The number of piperazine rings is 1. The molecule has 0 radical (unpaired) electrons. The van der Waals surface area contributed by atoms with E-state index >= 15 is 0 Å². The van der Waals surface area contributed by atoms with E-state index in [-0.39, 0.29) is 0 Å². The second-order valence-electron chi connectivity index (χ2n) is 4.65. The SMILES string of the molecule is COCCNS(=O)(=O)N1CC(N2CCNCC2)C1. The Morgan fingerprint density at radius 1 is 1.33 bits per heavy atom. The lowest BCUT2D eigenvalue weighted by atomic mass is 10.1. The Morgan fingerprint density at radius 2 is 2.00 bits per heavy atom. The van der Waals surface area contributed by atoms with E-state index in [4.69, 9.17) is 4.74 Å². The van der Waals surface area contributed by atoms with Crippen molar-refractivity contribution >= 4 is 10.2 Å². The number of hydrogen-bond acceptors (Lipinski definition) is 5. The molecule has 2 saturated heterocycles. The molecule has 0 saturated carbocycles. The minimum Gasteiger partial charge on any atom is -0.383 e. The van der Waals surface area contributed by atoms with Gasteiger partial charge < -0.3 is 10.1 Å². The molecule has 8 heteroatoms. The third-order valence-electron chi connectivity index (χ3n) is 3.43. The summed E-state index contributed by atoms with van der Waals surface area (Å²) in [7, 11) is -1.75. The molecule has 18 heavy (non-hydrogen) atoms. The van der Waals surface area contributed by atoms with Crippen LogP contribution in [0.25, 0.3) is 0 Å². The fraction of sp³-hybridized carbons (Fsp3) is 1.00. The minimum atomic E-state index is -3.31. The normalized spacial score (nSPS) is 24.1. The van der Waals surface area contributed by atoms with Crippen LogP contribution in [0.4, 0.5) is 0 Å². The zero-order valence-corrected chi connectivity index (χ0v) is 11.6. The Hall–Kier alpha value is -0.250. The van der Waals surface area contributed by atoms with Gasteiger partial charge in [-0.15, -0.1) is 0 Å². The summed E-state index contributed by atoms with van der Waals surface area (Å²) in [5.74, 6) is 0. The number of nitrogens with one attached hydrogen (secondary N) is 2. The number of rotatable bonds is 6. The molecule has 0 aromatic heterocycles.